The predicted molar refractivity (Wildman–Crippen MR) is 108 cm³/mol. The minimum atomic E-state index is -0.302. The Morgan fingerprint density at radius 3 is 3.03 bits per heavy atom. The molecule has 1 aromatic carbocycles. The molecule has 8 nitrogen and oxygen atoms in total. The minimum absolute atomic E-state index is 0.0294. The third kappa shape index (κ3) is 3.23. The number of benzene rings is 1. The van der Waals surface area contributed by atoms with Crippen LogP contribution in [-0.4, -0.2) is 31.8 Å². The number of ether oxygens (including phenoxy) is 1. The highest BCUT2D eigenvalue weighted by molar-refractivity contribution is 5.95. The molecule has 4 heterocycles. The van der Waals surface area contributed by atoms with Gasteiger partial charge in [0.05, 0.1) is 29.1 Å². The molecule has 1 amide bonds. The summed E-state index contributed by atoms with van der Waals surface area (Å²) in [5.74, 6) is 0.451. The van der Waals surface area contributed by atoms with Gasteiger partial charge in [-0.3, -0.25) is 18.8 Å². The fraction of sp³-hybridized carbons (Fsp3) is 0.429. The second kappa shape index (κ2) is 7.11. The molecule has 0 spiro atoms. The van der Waals surface area contributed by atoms with Gasteiger partial charge in [0.2, 0.25) is 5.91 Å². The molecule has 1 saturated heterocycles. The number of hydrogen-bond acceptors (Lipinski definition) is 5. The summed E-state index contributed by atoms with van der Waals surface area (Å²) >= 11 is 0. The first-order valence-electron chi connectivity index (χ1n) is 10.0. The van der Waals surface area contributed by atoms with E-state index in [0.717, 1.165) is 30.7 Å². The topological polar surface area (TPSA) is 91.0 Å². The summed E-state index contributed by atoms with van der Waals surface area (Å²) in [7, 11) is 1.84. The fourth-order valence-electron chi connectivity index (χ4n) is 4.33. The van der Waals surface area contributed by atoms with Crippen LogP contribution in [0.3, 0.4) is 0 Å². The Bertz CT molecular complexity index is 1150. The maximum Gasteiger partial charge on any atom is 0.261 e. The average Bonchev–Trinajstić information content (AvgIpc) is 3.37. The minimum Gasteiger partial charge on any atom is -0.373 e. The van der Waals surface area contributed by atoms with Crippen LogP contribution in [0.5, 0.6) is 0 Å². The highest BCUT2D eigenvalue weighted by Crippen LogP contribution is 2.35. The molecule has 1 fully saturated rings. The number of nitrogens with zero attached hydrogens (tertiary/aromatic N) is 4. The van der Waals surface area contributed by atoms with E-state index in [-0.39, 0.29) is 23.5 Å². The van der Waals surface area contributed by atoms with Crippen LogP contribution in [0.15, 0.2) is 35.4 Å². The van der Waals surface area contributed by atoms with E-state index in [4.69, 9.17) is 4.74 Å². The SMILES string of the molecule is Cn1cc([C@H]2OCC[C@@H]2C(=O)Nc2ccc3nc4n(c(=O)c3c2)CCCC4)cn1. The van der Waals surface area contributed by atoms with E-state index in [1.54, 1.807) is 27.6 Å². The fourth-order valence-corrected chi connectivity index (χ4v) is 4.33. The molecule has 0 radical (unpaired) electrons. The van der Waals surface area contributed by atoms with Crippen molar-refractivity contribution in [3.05, 3.63) is 52.3 Å². The maximum absolute atomic E-state index is 12.9. The first-order chi connectivity index (χ1) is 14.1. The predicted octanol–water partition coefficient (Wildman–Crippen LogP) is 2.18. The Balaban J connectivity index is 1.42. The summed E-state index contributed by atoms with van der Waals surface area (Å²) in [4.78, 5) is 30.5. The van der Waals surface area contributed by atoms with Crippen molar-refractivity contribution in [3.8, 4) is 0 Å². The van der Waals surface area contributed by atoms with Crippen LogP contribution in [0.25, 0.3) is 10.9 Å². The second-order valence-electron chi connectivity index (χ2n) is 7.80. The summed E-state index contributed by atoms with van der Waals surface area (Å²) in [5, 5.41) is 7.69. The van der Waals surface area contributed by atoms with Gasteiger partial charge >= 0.3 is 0 Å². The molecule has 0 aliphatic carbocycles. The van der Waals surface area contributed by atoms with E-state index in [9.17, 15) is 9.59 Å². The number of carbonyl (C=O) groups is 1. The van der Waals surface area contributed by atoms with Gasteiger partial charge in [0.1, 0.15) is 5.82 Å². The van der Waals surface area contributed by atoms with Gasteiger partial charge in [-0.1, -0.05) is 0 Å². The Kier molecular flexibility index (Phi) is 4.43. The van der Waals surface area contributed by atoms with E-state index in [1.807, 2.05) is 19.3 Å². The van der Waals surface area contributed by atoms with Crippen LogP contribution in [0.1, 0.15) is 36.8 Å². The molecule has 2 atom stereocenters. The van der Waals surface area contributed by atoms with Crippen LogP contribution in [0.4, 0.5) is 5.69 Å². The number of hydrogen-bond donors (Lipinski definition) is 1. The van der Waals surface area contributed by atoms with Crippen molar-refractivity contribution in [2.24, 2.45) is 13.0 Å². The van der Waals surface area contributed by atoms with E-state index in [0.29, 0.717) is 36.2 Å². The normalized spacial score (nSPS) is 21.3. The van der Waals surface area contributed by atoms with Crippen molar-refractivity contribution in [2.45, 2.75) is 38.3 Å². The first-order valence-corrected chi connectivity index (χ1v) is 10.0. The number of aryl methyl sites for hydroxylation is 2. The third-order valence-corrected chi connectivity index (χ3v) is 5.81. The largest absolute Gasteiger partial charge is 0.373 e. The van der Waals surface area contributed by atoms with Crippen LogP contribution >= 0.6 is 0 Å². The molecular weight excluding hydrogens is 370 g/mol. The average molecular weight is 393 g/mol. The van der Waals surface area contributed by atoms with Gasteiger partial charge in [0.25, 0.3) is 5.56 Å². The zero-order valence-corrected chi connectivity index (χ0v) is 16.3. The lowest BCUT2D eigenvalue weighted by Crippen LogP contribution is -2.28. The lowest BCUT2D eigenvalue weighted by atomic mass is 9.96. The van der Waals surface area contributed by atoms with Gasteiger partial charge in [-0.05, 0) is 37.5 Å². The molecular formula is C21H23N5O3. The number of nitrogens with one attached hydrogen (secondary N) is 1. The van der Waals surface area contributed by atoms with Gasteiger partial charge in [-0.2, -0.15) is 5.10 Å². The number of aromatic nitrogens is 4. The van der Waals surface area contributed by atoms with Gasteiger partial charge in [0.15, 0.2) is 0 Å². The smallest absolute Gasteiger partial charge is 0.261 e. The van der Waals surface area contributed by atoms with Gasteiger partial charge in [-0.25, -0.2) is 4.98 Å². The maximum atomic E-state index is 12.9. The molecule has 150 valence electrons. The van der Waals surface area contributed by atoms with E-state index < -0.39 is 0 Å². The summed E-state index contributed by atoms with van der Waals surface area (Å²) < 4.78 is 9.27. The Hall–Kier alpha value is -3.00. The Morgan fingerprint density at radius 1 is 1.31 bits per heavy atom. The van der Waals surface area contributed by atoms with Crippen molar-refractivity contribution in [3.63, 3.8) is 0 Å². The monoisotopic (exact) mass is 393 g/mol. The Morgan fingerprint density at radius 2 is 2.21 bits per heavy atom. The molecule has 2 aliphatic rings. The van der Waals surface area contributed by atoms with E-state index in [2.05, 4.69) is 15.4 Å². The molecule has 3 aromatic rings. The highest BCUT2D eigenvalue weighted by atomic mass is 16.5. The summed E-state index contributed by atoms with van der Waals surface area (Å²) in [6.45, 7) is 1.24. The van der Waals surface area contributed by atoms with Crippen LogP contribution in [0.2, 0.25) is 0 Å². The number of fused-ring (bicyclic) bond motifs is 2. The van der Waals surface area contributed by atoms with Crippen LogP contribution in [-0.2, 0) is 29.5 Å². The molecule has 0 unspecified atom stereocenters. The van der Waals surface area contributed by atoms with Crippen molar-refractivity contribution in [2.75, 3.05) is 11.9 Å². The molecule has 0 saturated carbocycles. The van der Waals surface area contributed by atoms with Crippen molar-refractivity contribution < 1.29 is 9.53 Å². The van der Waals surface area contributed by atoms with Crippen molar-refractivity contribution >= 4 is 22.5 Å². The summed E-state index contributed by atoms with van der Waals surface area (Å²) in [5.41, 5.74) is 2.16. The molecule has 0 bridgehead atoms. The Labute approximate surface area is 167 Å². The van der Waals surface area contributed by atoms with E-state index >= 15 is 0 Å². The molecule has 29 heavy (non-hydrogen) atoms. The third-order valence-electron chi connectivity index (χ3n) is 5.81. The summed E-state index contributed by atoms with van der Waals surface area (Å²) in [6.07, 6.45) is 6.85. The molecule has 2 aliphatic heterocycles. The van der Waals surface area contributed by atoms with Crippen LogP contribution < -0.4 is 10.9 Å². The summed E-state index contributed by atoms with van der Waals surface area (Å²) in [6, 6.07) is 5.35. The quantitative estimate of drug-likeness (QED) is 0.737. The van der Waals surface area contributed by atoms with Gasteiger partial charge in [0, 0.05) is 44.1 Å². The lowest BCUT2D eigenvalue weighted by Gasteiger charge is -2.19. The standard InChI is InChI=1S/C21H23N5O3/c1-25-12-13(11-22-25)19-15(7-9-29-19)20(27)23-14-5-6-17-16(10-14)21(28)26-8-3-2-4-18(26)24-17/h5-6,10-12,15,19H,2-4,7-9H2,1H3,(H,23,27)/t15-,19+/m0/s1. The zero-order valence-electron chi connectivity index (χ0n) is 16.3. The lowest BCUT2D eigenvalue weighted by molar-refractivity contribution is -0.121. The molecule has 1 N–H and O–H groups in total. The zero-order chi connectivity index (χ0) is 20.0. The first kappa shape index (κ1) is 18.1. The number of carbonyl (C=O) groups excluding carboxylic acids is 1. The van der Waals surface area contributed by atoms with Crippen molar-refractivity contribution in [1.82, 2.24) is 19.3 Å². The van der Waals surface area contributed by atoms with Gasteiger partial charge in [-0.15, -0.1) is 0 Å². The molecule has 2 aromatic heterocycles. The highest BCUT2D eigenvalue weighted by Gasteiger charge is 2.36. The number of amides is 1. The molecule has 8 heteroatoms. The van der Waals surface area contributed by atoms with Crippen molar-refractivity contribution in [1.29, 1.82) is 0 Å². The number of anilines is 1. The van der Waals surface area contributed by atoms with Crippen LogP contribution in [0, 0.1) is 5.92 Å². The van der Waals surface area contributed by atoms with E-state index in [1.165, 1.54) is 0 Å². The second-order valence-corrected chi connectivity index (χ2v) is 7.80. The number of rotatable bonds is 3. The molecule has 5 rings (SSSR count). The van der Waals surface area contributed by atoms with Gasteiger partial charge < -0.3 is 10.1 Å².